The van der Waals surface area contributed by atoms with Gasteiger partial charge in [-0.2, -0.15) is 0 Å². The van der Waals surface area contributed by atoms with Gasteiger partial charge in [0, 0.05) is 18.4 Å². The largest absolute Gasteiger partial charge is 0.466 e. The van der Waals surface area contributed by atoms with Crippen LogP contribution in [0.15, 0.2) is 72.9 Å². The molecule has 1 amide bonds. The number of amides is 1. The summed E-state index contributed by atoms with van der Waals surface area (Å²) in [7, 11) is 0. The van der Waals surface area contributed by atoms with Gasteiger partial charge in [-0.1, -0.05) is 93.7 Å². The summed E-state index contributed by atoms with van der Waals surface area (Å²) >= 11 is 0. The summed E-state index contributed by atoms with van der Waals surface area (Å²) in [5.74, 6) is -0.810. The first-order valence-corrected chi connectivity index (χ1v) is 13.5. The average molecular weight is 516 g/mol. The normalized spacial score (nSPS) is 13.8. The lowest BCUT2D eigenvalue weighted by Crippen LogP contribution is -2.45. The molecule has 0 fully saturated rings. The summed E-state index contributed by atoms with van der Waals surface area (Å²) in [4.78, 5) is 23.6. The van der Waals surface area contributed by atoms with Crippen molar-refractivity contribution in [2.24, 2.45) is 5.41 Å². The van der Waals surface area contributed by atoms with Crippen LogP contribution in [-0.4, -0.2) is 48.0 Å². The number of allylic oxidation sites excluding steroid dienone is 12. The van der Waals surface area contributed by atoms with Crippen LogP contribution in [0.1, 0.15) is 78.6 Å². The van der Waals surface area contributed by atoms with Gasteiger partial charge >= 0.3 is 5.97 Å². The number of esters is 1. The van der Waals surface area contributed by atoms with Gasteiger partial charge in [-0.3, -0.25) is 9.59 Å². The van der Waals surface area contributed by atoms with Crippen molar-refractivity contribution in [3.05, 3.63) is 72.9 Å². The van der Waals surface area contributed by atoms with Crippen LogP contribution in [0, 0.1) is 5.41 Å². The minimum atomic E-state index is -1.29. The van der Waals surface area contributed by atoms with Crippen LogP contribution >= 0.6 is 0 Å². The number of aliphatic hydroxyl groups is 2. The summed E-state index contributed by atoms with van der Waals surface area (Å²) in [5.41, 5.74) is -0.905. The van der Waals surface area contributed by atoms with Crippen molar-refractivity contribution in [2.45, 2.75) is 84.7 Å². The van der Waals surface area contributed by atoms with E-state index in [-0.39, 0.29) is 25.7 Å². The van der Waals surface area contributed by atoms with Crippen LogP contribution in [0.3, 0.4) is 0 Å². The van der Waals surface area contributed by atoms with E-state index in [1.807, 2.05) is 12.2 Å². The Kier molecular flexibility index (Phi) is 22.0. The lowest BCUT2D eigenvalue weighted by atomic mass is 9.87. The summed E-state index contributed by atoms with van der Waals surface area (Å²) in [5, 5.41) is 21.7. The predicted octanol–water partition coefficient (Wildman–Crippen LogP) is 5.89. The van der Waals surface area contributed by atoms with Gasteiger partial charge in [0.1, 0.15) is 6.10 Å². The van der Waals surface area contributed by atoms with Gasteiger partial charge in [-0.25, -0.2) is 0 Å². The molecule has 6 nitrogen and oxygen atoms in total. The number of nitrogens with one attached hydrogen (secondary N) is 1. The van der Waals surface area contributed by atoms with E-state index in [1.165, 1.54) is 0 Å². The van der Waals surface area contributed by atoms with E-state index >= 15 is 0 Å². The van der Waals surface area contributed by atoms with Gasteiger partial charge in [-0.15, -0.1) is 0 Å². The minimum Gasteiger partial charge on any atom is -0.466 e. The lowest BCUT2D eigenvalue weighted by molar-refractivity contribution is -0.143. The molecule has 208 valence electrons. The zero-order valence-corrected chi connectivity index (χ0v) is 23.1. The molecule has 0 aliphatic rings. The van der Waals surface area contributed by atoms with Crippen LogP contribution in [0.25, 0.3) is 0 Å². The summed E-state index contributed by atoms with van der Waals surface area (Å²) in [6.45, 7) is 5.56. The van der Waals surface area contributed by atoms with Gasteiger partial charge in [-0.05, 0) is 51.4 Å². The highest BCUT2D eigenvalue weighted by Gasteiger charge is 2.32. The molecule has 37 heavy (non-hydrogen) atoms. The van der Waals surface area contributed by atoms with E-state index in [2.05, 4.69) is 73.0 Å². The maximum Gasteiger partial charge on any atom is 0.306 e. The SMILES string of the molecule is CC/C=C\C/C=C\C/C=C\C/C=C\C/C=C\C/C=C\CCC(=O)OCCCNC(=O)[C@@H](O)C(C)(C)CO. The van der Waals surface area contributed by atoms with Crippen LogP contribution in [0.2, 0.25) is 0 Å². The summed E-state index contributed by atoms with van der Waals surface area (Å²) in [6, 6.07) is 0. The van der Waals surface area contributed by atoms with Gasteiger partial charge in [0.2, 0.25) is 5.91 Å². The first-order valence-electron chi connectivity index (χ1n) is 13.5. The molecular weight excluding hydrogens is 466 g/mol. The molecule has 0 spiro atoms. The van der Waals surface area contributed by atoms with Gasteiger partial charge in [0.25, 0.3) is 0 Å². The number of aliphatic hydroxyl groups excluding tert-OH is 2. The second kappa shape index (κ2) is 23.7. The molecule has 0 unspecified atom stereocenters. The Morgan fingerprint density at radius 1 is 0.811 bits per heavy atom. The van der Waals surface area contributed by atoms with Crippen LogP contribution in [-0.2, 0) is 14.3 Å². The smallest absolute Gasteiger partial charge is 0.306 e. The monoisotopic (exact) mass is 515 g/mol. The van der Waals surface area contributed by atoms with Gasteiger partial charge < -0.3 is 20.3 Å². The molecule has 0 saturated carbocycles. The summed E-state index contributed by atoms with van der Waals surface area (Å²) in [6.07, 6.45) is 31.6. The molecule has 6 heteroatoms. The molecule has 1 atom stereocenters. The van der Waals surface area contributed by atoms with Gasteiger partial charge in [0.05, 0.1) is 13.2 Å². The fraction of sp³-hybridized carbons (Fsp3) is 0.548. The highest BCUT2D eigenvalue weighted by atomic mass is 16.5. The third-order valence-corrected chi connectivity index (χ3v) is 5.39. The second-order valence-electron chi connectivity index (χ2n) is 9.37. The maximum absolute atomic E-state index is 11.8. The first kappa shape index (κ1) is 34.3. The molecule has 0 aromatic carbocycles. The molecular formula is C31H49NO5. The Balaban J connectivity index is 3.70. The van der Waals surface area contributed by atoms with E-state index in [1.54, 1.807) is 13.8 Å². The number of carbonyl (C=O) groups is 2. The van der Waals surface area contributed by atoms with E-state index in [0.29, 0.717) is 19.3 Å². The summed E-state index contributed by atoms with van der Waals surface area (Å²) < 4.78 is 5.15. The molecule has 0 aliphatic heterocycles. The molecule has 0 heterocycles. The molecule has 0 saturated heterocycles. The third-order valence-electron chi connectivity index (χ3n) is 5.39. The fourth-order valence-electron chi connectivity index (χ4n) is 2.92. The molecule has 0 radical (unpaired) electrons. The minimum absolute atomic E-state index is 0.211. The standard InChI is InChI=1S/C31H49NO5/c1-4-5-6-7-8-9-10-11-12-13-14-15-16-17-18-19-20-21-22-24-28(34)37-26-23-25-32-30(36)29(35)31(2,3)27-33/h5-6,8-9,11-12,14-15,17-18,20-21,29,33,35H,4,7,10,13,16,19,22-27H2,1-3H3,(H,32,36)/b6-5-,9-8-,12-11-,15-14-,18-17-,21-20-/t29-/m1/s1. The van der Waals surface area contributed by atoms with Crippen molar-refractivity contribution in [3.63, 3.8) is 0 Å². The quantitative estimate of drug-likeness (QED) is 0.101. The molecule has 0 bridgehead atoms. The van der Waals surface area contributed by atoms with Crippen molar-refractivity contribution in [3.8, 4) is 0 Å². The first-order chi connectivity index (χ1) is 17.8. The Labute approximate surface area is 224 Å². The lowest BCUT2D eigenvalue weighted by Gasteiger charge is -2.27. The molecule has 3 N–H and O–H groups in total. The number of hydrogen-bond donors (Lipinski definition) is 3. The van der Waals surface area contributed by atoms with Crippen molar-refractivity contribution < 1.29 is 24.5 Å². The van der Waals surface area contributed by atoms with Crippen LogP contribution in [0.5, 0.6) is 0 Å². The Hall–Kier alpha value is -2.70. The maximum atomic E-state index is 11.8. The highest BCUT2D eigenvalue weighted by molar-refractivity contribution is 5.81. The average Bonchev–Trinajstić information content (AvgIpc) is 2.89. The van der Waals surface area contributed by atoms with Crippen molar-refractivity contribution in [1.82, 2.24) is 5.32 Å². The second-order valence-corrected chi connectivity index (χ2v) is 9.37. The predicted molar refractivity (Wildman–Crippen MR) is 153 cm³/mol. The van der Waals surface area contributed by atoms with Gasteiger partial charge in [0.15, 0.2) is 0 Å². The zero-order valence-electron chi connectivity index (χ0n) is 23.1. The Morgan fingerprint density at radius 3 is 1.73 bits per heavy atom. The number of ether oxygens (including phenoxy) is 1. The van der Waals surface area contributed by atoms with E-state index in [4.69, 9.17) is 4.74 Å². The topological polar surface area (TPSA) is 95.9 Å². The molecule has 0 rings (SSSR count). The van der Waals surface area contributed by atoms with Crippen molar-refractivity contribution in [1.29, 1.82) is 0 Å². The fourth-order valence-corrected chi connectivity index (χ4v) is 2.92. The van der Waals surface area contributed by atoms with Crippen molar-refractivity contribution in [2.75, 3.05) is 19.8 Å². The van der Waals surface area contributed by atoms with Crippen molar-refractivity contribution >= 4 is 11.9 Å². The third kappa shape index (κ3) is 21.1. The van der Waals surface area contributed by atoms with E-state index in [9.17, 15) is 19.8 Å². The van der Waals surface area contributed by atoms with Crippen LogP contribution < -0.4 is 5.32 Å². The number of rotatable bonds is 21. The highest BCUT2D eigenvalue weighted by Crippen LogP contribution is 2.19. The molecule has 0 aliphatic carbocycles. The van der Waals surface area contributed by atoms with E-state index in [0.717, 1.165) is 38.5 Å². The number of hydrogen-bond acceptors (Lipinski definition) is 5. The zero-order chi connectivity index (χ0) is 27.6. The molecule has 0 aromatic rings. The Bertz CT molecular complexity index is 774. The Morgan fingerprint density at radius 2 is 1.27 bits per heavy atom. The molecule has 0 aromatic heterocycles. The van der Waals surface area contributed by atoms with E-state index < -0.39 is 17.4 Å². The van der Waals surface area contributed by atoms with Crippen LogP contribution in [0.4, 0.5) is 0 Å². The number of carbonyl (C=O) groups excluding carboxylic acids is 2.